The smallest absolute Gasteiger partial charge is 0.550 e. The molecule has 0 unspecified atom stereocenters. The van der Waals surface area contributed by atoms with Crippen LogP contribution >= 0.6 is 0 Å². The van der Waals surface area contributed by atoms with Crippen molar-refractivity contribution in [1.29, 1.82) is 0 Å². The van der Waals surface area contributed by atoms with Crippen LogP contribution in [0.4, 0.5) is 0 Å². The number of hydrogen-bond donors (Lipinski definition) is 0. The maximum Gasteiger partial charge on any atom is 2.00 e. The Morgan fingerprint density at radius 2 is 0.388 bits per heavy atom. The second kappa shape index (κ2) is 49.7. The van der Waals surface area contributed by atoms with Gasteiger partial charge in [0.25, 0.3) is 0 Å². The van der Waals surface area contributed by atoms with Crippen LogP contribution < -0.4 is 10.2 Å². The molecule has 4 nitrogen and oxygen atoms in total. The Hall–Kier alpha value is -0.398. The average Bonchev–Trinajstić information content (AvgIpc) is 3.07. The molecule has 0 rings (SSSR count). The summed E-state index contributed by atoms with van der Waals surface area (Å²) in [5.74, 6) is -1.80. The molecule has 0 aliphatic rings. The van der Waals surface area contributed by atoms with Crippen LogP contribution in [0.5, 0.6) is 0 Å². The maximum absolute atomic E-state index is 10.3. The van der Waals surface area contributed by atoms with Crippen LogP contribution in [0.15, 0.2) is 0 Å². The fraction of sp³-hybridized carbons (Fsp3) is 0.955. The van der Waals surface area contributed by atoms with Gasteiger partial charge in [0.15, 0.2) is 0 Å². The van der Waals surface area contributed by atoms with E-state index < -0.39 is 11.9 Å². The molecule has 0 N–H and O–H groups in total. The standard InChI is InChI=1S/2C22H44O2.Pd/c2*1-2-3-4-5-6-7-8-9-10-11-12-13-14-15-16-17-18-19-20-21-22(23)24;/h2*2-21H2,1H3,(H,23,24);/q;;+2/p-2. The van der Waals surface area contributed by atoms with E-state index in [-0.39, 0.29) is 33.3 Å². The van der Waals surface area contributed by atoms with Crippen LogP contribution in [0.2, 0.25) is 0 Å². The summed E-state index contributed by atoms with van der Waals surface area (Å²) in [6, 6.07) is 0. The monoisotopic (exact) mass is 785 g/mol. The minimum absolute atomic E-state index is 0. The Labute approximate surface area is 321 Å². The first-order valence-corrected chi connectivity index (χ1v) is 21.9. The number of hydrogen-bond acceptors (Lipinski definition) is 4. The quantitative estimate of drug-likeness (QED) is 0.0458. The summed E-state index contributed by atoms with van der Waals surface area (Å²) in [6.45, 7) is 4.56. The van der Waals surface area contributed by atoms with Gasteiger partial charge in [0.1, 0.15) is 0 Å². The van der Waals surface area contributed by atoms with Gasteiger partial charge in [-0.05, 0) is 25.7 Å². The molecule has 0 radical (unpaired) electrons. The number of carbonyl (C=O) groups is 2. The van der Waals surface area contributed by atoms with Crippen molar-refractivity contribution in [3.8, 4) is 0 Å². The molecule has 0 aromatic carbocycles. The van der Waals surface area contributed by atoms with Gasteiger partial charge in [-0.1, -0.05) is 245 Å². The van der Waals surface area contributed by atoms with Gasteiger partial charge in [0, 0.05) is 11.9 Å². The Morgan fingerprint density at radius 1 is 0.265 bits per heavy atom. The van der Waals surface area contributed by atoms with E-state index >= 15 is 0 Å². The van der Waals surface area contributed by atoms with E-state index in [4.69, 9.17) is 0 Å². The molecule has 0 aliphatic heterocycles. The molecule has 0 fully saturated rings. The van der Waals surface area contributed by atoms with E-state index in [1.165, 1.54) is 218 Å². The van der Waals surface area contributed by atoms with Crippen molar-refractivity contribution in [2.75, 3.05) is 0 Å². The summed E-state index contributed by atoms with van der Waals surface area (Å²) in [4.78, 5) is 20.5. The second-order valence-electron chi connectivity index (χ2n) is 15.0. The van der Waals surface area contributed by atoms with Crippen molar-refractivity contribution in [2.45, 2.75) is 271 Å². The summed E-state index contributed by atoms with van der Waals surface area (Å²) >= 11 is 0. The molecule has 5 heteroatoms. The molecule has 0 amide bonds. The number of rotatable bonds is 40. The van der Waals surface area contributed by atoms with Gasteiger partial charge in [0.05, 0.1) is 0 Å². The number of aliphatic carboxylic acids is 2. The molecule has 0 aromatic heterocycles. The van der Waals surface area contributed by atoms with Crippen molar-refractivity contribution in [1.82, 2.24) is 0 Å². The molecule has 0 spiro atoms. The first-order valence-electron chi connectivity index (χ1n) is 21.9. The zero-order chi connectivity index (χ0) is 35.4. The van der Waals surface area contributed by atoms with E-state index in [1.807, 2.05) is 0 Å². The van der Waals surface area contributed by atoms with Crippen molar-refractivity contribution in [3.05, 3.63) is 0 Å². The minimum atomic E-state index is -0.901. The van der Waals surface area contributed by atoms with Gasteiger partial charge in [-0.15, -0.1) is 0 Å². The maximum atomic E-state index is 10.3. The van der Waals surface area contributed by atoms with Crippen molar-refractivity contribution < 1.29 is 40.2 Å². The normalized spacial score (nSPS) is 10.8. The summed E-state index contributed by atoms with van der Waals surface area (Å²) in [5, 5.41) is 20.5. The zero-order valence-corrected chi connectivity index (χ0v) is 34.8. The van der Waals surface area contributed by atoms with Crippen molar-refractivity contribution in [2.24, 2.45) is 0 Å². The zero-order valence-electron chi connectivity index (χ0n) is 33.2. The second-order valence-corrected chi connectivity index (χ2v) is 15.0. The van der Waals surface area contributed by atoms with Crippen LogP contribution in [0.25, 0.3) is 0 Å². The molecule has 0 saturated heterocycles. The molecular weight excluding hydrogens is 699 g/mol. The topological polar surface area (TPSA) is 80.3 Å². The molecule has 0 aliphatic carbocycles. The van der Waals surface area contributed by atoms with Crippen LogP contribution in [0.1, 0.15) is 271 Å². The number of carboxylic acids is 2. The largest absolute Gasteiger partial charge is 2.00 e. The SMILES string of the molecule is CCCCCCCCCCCCCCCCCCCCCC(=O)[O-].CCCCCCCCCCCCCCCCCCCCCC(=O)[O-].[Pd+2]. The fourth-order valence-electron chi connectivity index (χ4n) is 6.70. The molecule has 0 heterocycles. The van der Waals surface area contributed by atoms with Crippen molar-refractivity contribution >= 4 is 11.9 Å². The Balaban J connectivity index is -0.000000846. The number of unbranched alkanes of at least 4 members (excludes halogenated alkanes) is 36. The van der Waals surface area contributed by atoms with E-state index in [0.717, 1.165) is 25.7 Å². The Morgan fingerprint density at radius 3 is 0.510 bits per heavy atom. The van der Waals surface area contributed by atoms with E-state index in [1.54, 1.807) is 0 Å². The first kappa shape index (κ1) is 53.0. The van der Waals surface area contributed by atoms with Gasteiger partial charge in [-0.25, -0.2) is 0 Å². The van der Waals surface area contributed by atoms with Crippen molar-refractivity contribution in [3.63, 3.8) is 0 Å². The van der Waals surface area contributed by atoms with Gasteiger partial charge in [0.2, 0.25) is 0 Å². The number of carbonyl (C=O) groups excluding carboxylic acids is 2. The van der Waals surface area contributed by atoms with E-state index in [2.05, 4.69) is 13.8 Å². The average molecular weight is 786 g/mol. The third kappa shape index (κ3) is 57.2. The van der Waals surface area contributed by atoms with Crippen LogP contribution in [0, 0.1) is 0 Å². The van der Waals surface area contributed by atoms with Gasteiger partial charge >= 0.3 is 20.4 Å². The molecule has 0 bridgehead atoms. The molecule has 0 aromatic rings. The minimum Gasteiger partial charge on any atom is -0.550 e. The van der Waals surface area contributed by atoms with Crippen LogP contribution in [-0.4, -0.2) is 11.9 Å². The predicted octanol–water partition coefficient (Wildman–Crippen LogP) is 13.1. The predicted molar refractivity (Wildman–Crippen MR) is 206 cm³/mol. The van der Waals surface area contributed by atoms with Crippen LogP contribution in [0.3, 0.4) is 0 Å². The Kier molecular flexibility index (Phi) is 53.7. The van der Waals surface area contributed by atoms with Gasteiger partial charge < -0.3 is 19.8 Å². The summed E-state index contributed by atoms with van der Waals surface area (Å²) in [5.41, 5.74) is 0. The van der Waals surface area contributed by atoms with Crippen LogP contribution in [-0.2, 0) is 30.0 Å². The van der Waals surface area contributed by atoms with E-state index in [9.17, 15) is 19.8 Å². The van der Waals surface area contributed by atoms with Gasteiger partial charge in [-0.3, -0.25) is 0 Å². The molecule has 0 atom stereocenters. The molecule has 296 valence electrons. The third-order valence-electron chi connectivity index (χ3n) is 9.97. The Bertz CT molecular complexity index is 560. The molecular formula is C44H86O4Pd. The van der Waals surface area contributed by atoms with E-state index in [0.29, 0.717) is 0 Å². The molecule has 0 saturated carbocycles. The first-order chi connectivity index (χ1) is 23.5. The summed E-state index contributed by atoms with van der Waals surface area (Å²) < 4.78 is 0. The molecule has 49 heavy (non-hydrogen) atoms. The number of carboxylic acid groups (broad SMARTS) is 2. The fourth-order valence-corrected chi connectivity index (χ4v) is 6.70. The third-order valence-corrected chi connectivity index (χ3v) is 9.97. The summed E-state index contributed by atoms with van der Waals surface area (Å²) in [6.07, 6.45) is 51.5. The van der Waals surface area contributed by atoms with Gasteiger partial charge in [-0.2, -0.15) is 0 Å². The summed E-state index contributed by atoms with van der Waals surface area (Å²) in [7, 11) is 0.